The van der Waals surface area contributed by atoms with Crippen molar-refractivity contribution in [2.75, 3.05) is 0 Å². The van der Waals surface area contributed by atoms with Crippen LogP contribution in [0.4, 0.5) is 0 Å². The molecule has 0 spiro atoms. The Morgan fingerprint density at radius 3 is 1.70 bits per heavy atom. The summed E-state index contributed by atoms with van der Waals surface area (Å²) in [6.45, 7) is 0. The van der Waals surface area contributed by atoms with Crippen LogP contribution in [0.3, 0.4) is 0 Å². The first-order chi connectivity index (χ1) is 9.92. The minimum atomic E-state index is 0.901. The summed E-state index contributed by atoms with van der Waals surface area (Å²) in [5.41, 5.74) is 3.58. The average molecular weight is 266 g/mol. The highest BCUT2D eigenvalue weighted by atomic mass is 14.4. The molecule has 0 amide bonds. The Hall–Kier alpha value is -1.04. The van der Waals surface area contributed by atoms with E-state index in [0.717, 1.165) is 23.7 Å². The molecule has 4 aliphatic carbocycles. The second kappa shape index (κ2) is 5.39. The van der Waals surface area contributed by atoms with E-state index in [4.69, 9.17) is 0 Å². The molecule has 4 aliphatic rings. The first-order valence-electron chi connectivity index (χ1n) is 8.65. The van der Waals surface area contributed by atoms with Crippen LogP contribution in [0.15, 0.2) is 47.6 Å². The molecule has 20 heavy (non-hydrogen) atoms. The molecule has 0 nitrogen and oxygen atoms in total. The molecule has 0 saturated heterocycles. The van der Waals surface area contributed by atoms with Crippen LogP contribution in [0, 0.1) is 23.7 Å². The largest absolute Gasteiger partial charge is 0.0839 e. The average Bonchev–Trinajstić information content (AvgIpc) is 3.09. The third-order valence-corrected chi connectivity index (χ3v) is 6.17. The Kier molecular flexibility index (Phi) is 3.42. The normalized spacial score (nSPS) is 38.4. The van der Waals surface area contributed by atoms with Crippen molar-refractivity contribution in [3.05, 3.63) is 47.6 Å². The molecule has 0 aromatic carbocycles. The Morgan fingerprint density at radius 2 is 1.20 bits per heavy atom. The topological polar surface area (TPSA) is 0 Å². The Balaban J connectivity index is 1.39. The van der Waals surface area contributed by atoms with Gasteiger partial charge in [0, 0.05) is 0 Å². The smallest absolute Gasteiger partial charge is 0.0162 e. The Labute approximate surface area is 123 Å². The van der Waals surface area contributed by atoms with Gasteiger partial charge in [-0.2, -0.15) is 0 Å². The van der Waals surface area contributed by atoms with Gasteiger partial charge in [-0.25, -0.2) is 0 Å². The molecule has 4 atom stereocenters. The zero-order chi connectivity index (χ0) is 13.4. The maximum Gasteiger partial charge on any atom is -0.0162 e. The Morgan fingerprint density at radius 1 is 0.700 bits per heavy atom. The van der Waals surface area contributed by atoms with Gasteiger partial charge in [0.25, 0.3) is 0 Å². The fourth-order valence-corrected chi connectivity index (χ4v) is 5.06. The molecular formula is C20H26. The number of fused-ring (bicyclic) bond motifs is 2. The minimum Gasteiger partial charge on any atom is -0.0839 e. The lowest BCUT2D eigenvalue weighted by Gasteiger charge is -2.22. The van der Waals surface area contributed by atoms with Crippen LogP contribution >= 0.6 is 0 Å². The quantitative estimate of drug-likeness (QED) is 0.624. The molecule has 106 valence electrons. The highest BCUT2D eigenvalue weighted by Gasteiger charge is 2.33. The molecule has 0 heteroatoms. The number of rotatable bonds is 3. The zero-order valence-corrected chi connectivity index (χ0v) is 12.4. The van der Waals surface area contributed by atoms with Crippen molar-refractivity contribution in [1.29, 1.82) is 0 Å². The first kappa shape index (κ1) is 12.7. The maximum absolute atomic E-state index is 2.44. The molecule has 0 aliphatic heterocycles. The monoisotopic (exact) mass is 266 g/mol. The van der Waals surface area contributed by atoms with E-state index in [1.807, 2.05) is 0 Å². The molecule has 0 N–H and O–H groups in total. The predicted octanol–water partition coefficient (Wildman–Crippen LogP) is 5.59. The van der Waals surface area contributed by atoms with Gasteiger partial charge in [0.05, 0.1) is 0 Å². The zero-order valence-electron chi connectivity index (χ0n) is 12.4. The number of hydrogen-bond donors (Lipinski definition) is 0. The summed E-state index contributed by atoms with van der Waals surface area (Å²) in [5, 5.41) is 0. The van der Waals surface area contributed by atoms with Crippen molar-refractivity contribution < 1.29 is 0 Å². The summed E-state index contributed by atoms with van der Waals surface area (Å²) in [4.78, 5) is 0. The molecule has 0 aromatic heterocycles. The second-order valence-corrected chi connectivity index (χ2v) is 7.18. The van der Waals surface area contributed by atoms with Gasteiger partial charge in [-0.1, -0.05) is 47.6 Å². The van der Waals surface area contributed by atoms with E-state index in [1.165, 1.54) is 51.4 Å². The van der Waals surface area contributed by atoms with Crippen LogP contribution in [-0.4, -0.2) is 0 Å². The SMILES string of the molecule is C1=CCC2CCC(CC[C@@H]3CC[C@H]4CC=CC=C34)C2=C1. The van der Waals surface area contributed by atoms with E-state index < -0.39 is 0 Å². The summed E-state index contributed by atoms with van der Waals surface area (Å²) in [6.07, 6.45) is 25.5. The summed E-state index contributed by atoms with van der Waals surface area (Å²) in [7, 11) is 0. The third-order valence-electron chi connectivity index (χ3n) is 6.17. The number of allylic oxidation sites excluding steroid dienone is 8. The molecular weight excluding hydrogens is 240 g/mol. The molecule has 0 bridgehead atoms. The minimum absolute atomic E-state index is 0.901. The molecule has 4 rings (SSSR count). The van der Waals surface area contributed by atoms with Gasteiger partial charge in [0.15, 0.2) is 0 Å². The number of hydrogen-bond acceptors (Lipinski definition) is 0. The van der Waals surface area contributed by atoms with Crippen molar-refractivity contribution in [3.8, 4) is 0 Å². The van der Waals surface area contributed by atoms with E-state index >= 15 is 0 Å². The summed E-state index contributed by atoms with van der Waals surface area (Å²) in [5.74, 6) is 3.61. The van der Waals surface area contributed by atoms with Gasteiger partial charge in [-0.15, -0.1) is 0 Å². The van der Waals surface area contributed by atoms with Crippen molar-refractivity contribution >= 4 is 0 Å². The van der Waals surface area contributed by atoms with Crippen LogP contribution in [-0.2, 0) is 0 Å². The van der Waals surface area contributed by atoms with Crippen LogP contribution in [0.2, 0.25) is 0 Å². The van der Waals surface area contributed by atoms with Gasteiger partial charge in [0.1, 0.15) is 0 Å². The van der Waals surface area contributed by atoms with Gasteiger partial charge >= 0.3 is 0 Å². The second-order valence-electron chi connectivity index (χ2n) is 7.18. The standard InChI is InChI=1S/C20H26/c1-3-7-19-15(5-1)9-11-17(19)13-14-18-12-10-16-6-2-4-8-20(16)18/h1-4,7-8,15-18H,5-6,9-14H2/t15-,16?,17+,18?/m1/s1. The third kappa shape index (κ3) is 2.24. The van der Waals surface area contributed by atoms with Crippen molar-refractivity contribution in [2.45, 2.75) is 51.4 Å². The molecule has 0 radical (unpaired) electrons. The highest BCUT2D eigenvalue weighted by molar-refractivity contribution is 5.28. The fourth-order valence-electron chi connectivity index (χ4n) is 5.06. The van der Waals surface area contributed by atoms with E-state index in [9.17, 15) is 0 Å². The van der Waals surface area contributed by atoms with Crippen LogP contribution in [0.25, 0.3) is 0 Å². The lowest BCUT2D eigenvalue weighted by Crippen LogP contribution is -2.08. The van der Waals surface area contributed by atoms with E-state index in [-0.39, 0.29) is 0 Å². The molecule has 2 saturated carbocycles. The van der Waals surface area contributed by atoms with Crippen LogP contribution in [0.1, 0.15) is 51.4 Å². The molecule has 0 aromatic rings. The van der Waals surface area contributed by atoms with Crippen molar-refractivity contribution in [2.24, 2.45) is 23.7 Å². The van der Waals surface area contributed by atoms with Crippen LogP contribution in [0.5, 0.6) is 0 Å². The van der Waals surface area contributed by atoms with Gasteiger partial charge in [0.2, 0.25) is 0 Å². The van der Waals surface area contributed by atoms with E-state index in [2.05, 4.69) is 36.5 Å². The van der Waals surface area contributed by atoms with Crippen molar-refractivity contribution in [3.63, 3.8) is 0 Å². The summed E-state index contributed by atoms with van der Waals surface area (Å²) in [6, 6.07) is 0. The van der Waals surface area contributed by atoms with Gasteiger partial charge in [-0.3, -0.25) is 0 Å². The molecule has 0 heterocycles. The lowest BCUT2D eigenvalue weighted by molar-refractivity contribution is 0.468. The fraction of sp³-hybridized carbons (Fsp3) is 0.600. The van der Waals surface area contributed by atoms with Crippen LogP contribution < -0.4 is 0 Å². The van der Waals surface area contributed by atoms with E-state index in [0.29, 0.717) is 0 Å². The van der Waals surface area contributed by atoms with E-state index in [1.54, 1.807) is 11.1 Å². The van der Waals surface area contributed by atoms with Crippen molar-refractivity contribution in [1.82, 2.24) is 0 Å². The van der Waals surface area contributed by atoms with Gasteiger partial charge in [-0.05, 0) is 75.0 Å². The lowest BCUT2D eigenvalue weighted by atomic mass is 9.84. The first-order valence-corrected chi connectivity index (χ1v) is 8.65. The molecule has 2 fully saturated rings. The summed E-state index contributed by atoms with van der Waals surface area (Å²) >= 11 is 0. The summed E-state index contributed by atoms with van der Waals surface area (Å²) < 4.78 is 0. The van der Waals surface area contributed by atoms with Gasteiger partial charge < -0.3 is 0 Å². The highest BCUT2D eigenvalue weighted by Crippen LogP contribution is 2.47. The molecule has 2 unspecified atom stereocenters. The predicted molar refractivity (Wildman–Crippen MR) is 85.3 cm³/mol. The maximum atomic E-state index is 2.44. The Bertz CT molecular complexity index is 442.